The number of aryl methyl sites for hydroxylation is 1. The Labute approximate surface area is 152 Å². The molecule has 2 N–H and O–H groups in total. The number of anilines is 1. The van der Waals surface area contributed by atoms with Crippen molar-refractivity contribution in [2.75, 3.05) is 5.32 Å². The lowest BCUT2D eigenvalue weighted by atomic mass is 10.1. The molecule has 13 heteroatoms. The van der Waals surface area contributed by atoms with E-state index in [1.807, 2.05) is 0 Å². The first kappa shape index (κ1) is 19.3. The standard InChI is InChI=1S/C15H10F5N5O3/c1-24-5-10(12(23-24)13(16)17)22-14(26)9-3-6-2-7(25(27)28)4-8(11(6)21-9)15(18,19)20/h2-5,13,21H,1H3,(H,22,26). The lowest BCUT2D eigenvalue weighted by Crippen LogP contribution is -2.13. The number of nitrogens with one attached hydrogen (secondary N) is 2. The minimum Gasteiger partial charge on any atom is -0.350 e. The van der Waals surface area contributed by atoms with Gasteiger partial charge in [-0.2, -0.15) is 18.3 Å². The first-order chi connectivity index (χ1) is 13.0. The third-order valence-electron chi connectivity index (χ3n) is 3.79. The number of hydrogen-bond donors (Lipinski definition) is 2. The normalized spacial score (nSPS) is 12.0. The molecule has 0 saturated carbocycles. The summed E-state index contributed by atoms with van der Waals surface area (Å²) in [7, 11) is 1.35. The van der Waals surface area contributed by atoms with Crippen molar-refractivity contribution < 1.29 is 31.7 Å². The number of nitrogens with zero attached hydrogens (tertiary/aromatic N) is 3. The maximum absolute atomic E-state index is 13.2. The van der Waals surface area contributed by atoms with E-state index in [1.54, 1.807) is 0 Å². The Morgan fingerprint density at radius 3 is 2.57 bits per heavy atom. The molecule has 0 aliphatic rings. The van der Waals surface area contributed by atoms with E-state index in [9.17, 15) is 36.9 Å². The number of aromatic amines is 1. The van der Waals surface area contributed by atoms with E-state index in [-0.39, 0.29) is 11.1 Å². The minimum absolute atomic E-state index is 0.230. The predicted molar refractivity (Wildman–Crippen MR) is 86.1 cm³/mol. The molecular weight excluding hydrogens is 393 g/mol. The minimum atomic E-state index is -4.92. The van der Waals surface area contributed by atoms with Crippen molar-refractivity contribution >= 4 is 28.2 Å². The summed E-state index contributed by atoms with van der Waals surface area (Å²) in [5.41, 5.74) is -4.10. The van der Waals surface area contributed by atoms with Crippen LogP contribution >= 0.6 is 0 Å². The first-order valence-electron chi connectivity index (χ1n) is 7.48. The van der Waals surface area contributed by atoms with Crippen LogP contribution < -0.4 is 5.32 Å². The van der Waals surface area contributed by atoms with E-state index >= 15 is 0 Å². The first-order valence-corrected chi connectivity index (χ1v) is 7.48. The van der Waals surface area contributed by atoms with Crippen LogP contribution in [-0.2, 0) is 13.2 Å². The second-order valence-corrected chi connectivity index (χ2v) is 5.75. The summed E-state index contributed by atoms with van der Waals surface area (Å²) in [4.78, 5) is 24.4. The van der Waals surface area contributed by atoms with Crippen LogP contribution in [0, 0.1) is 10.1 Å². The number of hydrogen-bond acceptors (Lipinski definition) is 4. The van der Waals surface area contributed by atoms with Crippen LogP contribution in [0.25, 0.3) is 10.9 Å². The van der Waals surface area contributed by atoms with E-state index in [0.717, 1.165) is 23.0 Å². The number of nitro benzene ring substituents is 1. The van der Waals surface area contributed by atoms with Crippen molar-refractivity contribution in [3.8, 4) is 0 Å². The number of benzene rings is 1. The van der Waals surface area contributed by atoms with Gasteiger partial charge in [0.05, 0.1) is 21.7 Å². The number of H-pyrrole nitrogens is 1. The molecule has 2 aromatic heterocycles. The highest BCUT2D eigenvalue weighted by molar-refractivity contribution is 6.06. The molecule has 0 unspecified atom stereocenters. The van der Waals surface area contributed by atoms with Gasteiger partial charge < -0.3 is 10.3 Å². The van der Waals surface area contributed by atoms with E-state index in [4.69, 9.17) is 0 Å². The number of halogens is 5. The monoisotopic (exact) mass is 403 g/mol. The molecule has 0 spiro atoms. The quantitative estimate of drug-likeness (QED) is 0.390. The summed E-state index contributed by atoms with van der Waals surface area (Å²) in [5, 5.41) is 16.3. The average Bonchev–Trinajstić information content (AvgIpc) is 3.16. The van der Waals surface area contributed by atoms with Crippen LogP contribution in [0.15, 0.2) is 24.4 Å². The lowest BCUT2D eigenvalue weighted by Gasteiger charge is -2.07. The van der Waals surface area contributed by atoms with E-state index in [2.05, 4.69) is 15.4 Å². The van der Waals surface area contributed by atoms with Crippen molar-refractivity contribution in [3.63, 3.8) is 0 Å². The van der Waals surface area contributed by atoms with Crippen LogP contribution in [0.3, 0.4) is 0 Å². The molecule has 1 aromatic carbocycles. The summed E-state index contributed by atoms with van der Waals surface area (Å²) in [6.45, 7) is 0. The average molecular weight is 403 g/mol. The van der Waals surface area contributed by atoms with Gasteiger partial charge in [-0.1, -0.05) is 0 Å². The van der Waals surface area contributed by atoms with Crippen molar-refractivity contribution in [1.29, 1.82) is 0 Å². The molecular formula is C15H10F5N5O3. The number of fused-ring (bicyclic) bond motifs is 1. The maximum Gasteiger partial charge on any atom is 0.418 e. The second-order valence-electron chi connectivity index (χ2n) is 5.75. The van der Waals surface area contributed by atoms with Gasteiger partial charge in [0.2, 0.25) is 0 Å². The molecule has 0 saturated heterocycles. The number of nitro groups is 1. The highest BCUT2D eigenvalue weighted by Crippen LogP contribution is 2.37. The number of amides is 1. The topological polar surface area (TPSA) is 106 Å². The third-order valence-corrected chi connectivity index (χ3v) is 3.79. The van der Waals surface area contributed by atoms with Gasteiger partial charge in [0.25, 0.3) is 18.0 Å². The summed E-state index contributed by atoms with van der Waals surface area (Å²) in [5.74, 6) is -1.01. The maximum atomic E-state index is 13.2. The largest absolute Gasteiger partial charge is 0.418 e. The molecule has 0 aliphatic carbocycles. The van der Waals surface area contributed by atoms with E-state index in [0.29, 0.717) is 6.07 Å². The van der Waals surface area contributed by atoms with Crippen LogP contribution in [0.5, 0.6) is 0 Å². The molecule has 2 heterocycles. The highest BCUT2D eigenvalue weighted by atomic mass is 19.4. The number of rotatable bonds is 4. The molecule has 3 aromatic rings. The number of carbonyl (C=O) groups is 1. The second kappa shape index (κ2) is 6.58. The highest BCUT2D eigenvalue weighted by Gasteiger charge is 2.35. The zero-order valence-corrected chi connectivity index (χ0v) is 13.8. The van der Waals surface area contributed by atoms with Crippen molar-refractivity contribution in [2.24, 2.45) is 7.05 Å². The molecule has 3 rings (SSSR count). The van der Waals surface area contributed by atoms with Gasteiger partial charge in [0.15, 0.2) is 5.69 Å². The fourth-order valence-corrected chi connectivity index (χ4v) is 2.63. The number of aromatic nitrogens is 3. The molecule has 1 amide bonds. The van der Waals surface area contributed by atoms with Gasteiger partial charge in [-0.15, -0.1) is 0 Å². The Morgan fingerprint density at radius 2 is 2.00 bits per heavy atom. The van der Waals surface area contributed by atoms with Crippen LogP contribution in [0.1, 0.15) is 28.2 Å². The number of non-ortho nitro benzene ring substituents is 1. The van der Waals surface area contributed by atoms with Crippen molar-refractivity contribution in [2.45, 2.75) is 12.6 Å². The smallest absolute Gasteiger partial charge is 0.350 e. The van der Waals surface area contributed by atoms with Gasteiger partial charge in [-0.3, -0.25) is 19.6 Å². The zero-order chi connectivity index (χ0) is 20.8. The summed E-state index contributed by atoms with van der Waals surface area (Å²) < 4.78 is 66.6. The van der Waals surface area contributed by atoms with Gasteiger partial charge in [0.1, 0.15) is 5.69 Å². The Morgan fingerprint density at radius 1 is 1.32 bits per heavy atom. The zero-order valence-electron chi connectivity index (χ0n) is 13.8. The number of alkyl halides is 5. The van der Waals surface area contributed by atoms with Gasteiger partial charge in [0, 0.05) is 30.8 Å². The summed E-state index contributed by atoms with van der Waals surface area (Å²) in [6.07, 6.45) is -6.80. The number of carbonyl (C=O) groups excluding carboxylic acids is 1. The molecule has 0 radical (unpaired) electrons. The molecule has 148 valence electrons. The van der Waals surface area contributed by atoms with Crippen LogP contribution in [0.2, 0.25) is 0 Å². The Kier molecular flexibility index (Phi) is 4.53. The summed E-state index contributed by atoms with van der Waals surface area (Å²) in [6, 6.07) is 2.17. The predicted octanol–water partition coefficient (Wildman–Crippen LogP) is 4.02. The molecule has 0 atom stereocenters. The van der Waals surface area contributed by atoms with E-state index in [1.165, 1.54) is 7.05 Å². The third kappa shape index (κ3) is 3.50. The van der Waals surface area contributed by atoms with Crippen LogP contribution in [0.4, 0.5) is 33.3 Å². The van der Waals surface area contributed by atoms with Gasteiger partial charge in [-0.05, 0) is 6.07 Å². The molecule has 28 heavy (non-hydrogen) atoms. The van der Waals surface area contributed by atoms with Gasteiger partial charge in [-0.25, -0.2) is 8.78 Å². The Bertz CT molecular complexity index is 1090. The molecule has 8 nitrogen and oxygen atoms in total. The molecule has 0 fully saturated rings. The van der Waals surface area contributed by atoms with Crippen molar-refractivity contribution in [1.82, 2.24) is 14.8 Å². The van der Waals surface area contributed by atoms with E-state index < -0.39 is 51.6 Å². The fraction of sp³-hybridized carbons (Fsp3) is 0.200. The molecule has 0 bridgehead atoms. The lowest BCUT2D eigenvalue weighted by molar-refractivity contribution is -0.385. The molecule has 0 aliphatic heterocycles. The van der Waals surface area contributed by atoms with Crippen molar-refractivity contribution in [3.05, 3.63) is 51.5 Å². The Balaban J connectivity index is 2.05. The fourth-order valence-electron chi connectivity index (χ4n) is 2.63. The summed E-state index contributed by atoms with van der Waals surface area (Å²) >= 11 is 0. The van der Waals surface area contributed by atoms with Crippen LogP contribution in [-0.4, -0.2) is 25.6 Å². The SMILES string of the molecule is Cn1cc(NC(=O)c2cc3cc([N+](=O)[O-])cc(C(F)(F)F)c3[nH]2)c(C(F)F)n1. The Hall–Kier alpha value is -3.51. The van der Waals surface area contributed by atoms with Gasteiger partial charge >= 0.3 is 6.18 Å².